The van der Waals surface area contributed by atoms with Gasteiger partial charge >= 0.3 is 0 Å². The number of allylic oxidation sites excluding steroid dienone is 2. The number of halogens is 2. The van der Waals surface area contributed by atoms with Crippen molar-refractivity contribution in [1.82, 2.24) is 0 Å². The zero-order chi connectivity index (χ0) is 15.3. The number of carbonyl (C=O) groups is 1. The Labute approximate surface area is 141 Å². The number of hydrogen-bond donors (Lipinski definition) is 0. The minimum Gasteiger partial charge on any atom is -0.294 e. The molecule has 0 amide bonds. The summed E-state index contributed by atoms with van der Waals surface area (Å²) in [6.45, 7) is 0. The van der Waals surface area contributed by atoms with E-state index in [0.29, 0.717) is 10.9 Å². The molecule has 1 unspecified atom stereocenters. The van der Waals surface area contributed by atoms with Crippen LogP contribution in [0.3, 0.4) is 0 Å². The highest BCUT2D eigenvalue weighted by atomic mass is 79.9. The fourth-order valence-electron chi connectivity index (χ4n) is 3.62. The summed E-state index contributed by atoms with van der Waals surface area (Å²) in [4.78, 5) is 17.3. The zero-order valence-electron chi connectivity index (χ0n) is 11.9. The second-order valence-electron chi connectivity index (χ2n) is 5.93. The molecule has 0 N–H and O–H groups in total. The van der Waals surface area contributed by atoms with Gasteiger partial charge in [0.2, 0.25) is 0 Å². The summed E-state index contributed by atoms with van der Waals surface area (Å²) in [5.41, 5.74) is 4.09. The molecule has 2 aliphatic heterocycles. The summed E-state index contributed by atoms with van der Waals surface area (Å²) in [6, 6.07) is 5.13. The maximum absolute atomic E-state index is 13.6. The van der Waals surface area contributed by atoms with Gasteiger partial charge in [-0.05, 0) is 58.6 Å². The van der Waals surface area contributed by atoms with Crippen LogP contribution in [0.1, 0.15) is 37.2 Å². The number of rotatable bonds is 1. The molecule has 2 nitrogen and oxygen atoms in total. The summed E-state index contributed by atoms with van der Waals surface area (Å²) in [5, 5.41) is 0.234. The monoisotopic (exact) mass is 379 g/mol. The van der Waals surface area contributed by atoms with Gasteiger partial charge in [0, 0.05) is 29.3 Å². The van der Waals surface area contributed by atoms with Crippen LogP contribution in [0.15, 0.2) is 38.9 Å². The number of benzene rings is 1. The van der Waals surface area contributed by atoms with Crippen molar-refractivity contribution >= 4 is 39.2 Å². The third-order valence-electron chi connectivity index (χ3n) is 4.61. The molecule has 114 valence electrons. The molecular formula is C17H15BrFNOS. The van der Waals surface area contributed by atoms with E-state index in [4.69, 9.17) is 4.99 Å². The topological polar surface area (TPSA) is 29.4 Å². The van der Waals surface area contributed by atoms with Gasteiger partial charge in [-0.1, -0.05) is 6.07 Å². The van der Waals surface area contributed by atoms with E-state index in [1.165, 1.54) is 11.8 Å². The van der Waals surface area contributed by atoms with Crippen molar-refractivity contribution in [3.05, 3.63) is 45.3 Å². The van der Waals surface area contributed by atoms with E-state index in [0.717, 1.165) is 41.8 Å². The molecule has 0 aromatic heterocycles. The molecule has 2 atom stereocenters. The summed E-state index contributed by atoms with van der Waals surface area (Å²) < 4.78 is 14.0. The Balaban J connectivity index is 1.87. The van der Waals surface area contributed by atoms with Crippen LogP contribution in [0.4, 0.5) is 4.39 Å². The van der Waals surface area contributed by atoms with Crippen LogP contribution in [0.2, 0.25) is 0 Å². The molecule has 0 radical (unpaired) electrons. The highest BCUT2D eigenvalue weighted by Crippen LogP contribution is 2.47. The van der Waals surface area contributed by atoms with Gasteiger partial charge in [0.05, 0.1) is 9.72 Å². The van der Waals surface area contributed by atoms with Crippen LogP contribution < -0.4 is 0 Å². The lowest BCUT2D eigenvalue weighted by Gasteiger charge is -2.33. The molecule has 1 aliphatic carbocycles. The Bertz CT molecular complexity index is 727. The second-order valence-corrected chi connectivity index (χ2v) is 8.04. The lowest BCUT2D eigenvalue weighted by atomic mass is 9.77. The normalized spacial score (nSPS) is 27.5. The van der Waals surface area contributed by atoms with Crippen molar-refractivity contribution in [3.8, 4) is 0 Å². The van der Waals surface area contributed by atoms with E-state index in [1.54, 1.807) is 0 Å². The van der Waals surface area contributed by atoms with Gasteiger partial charge in [-0.3, -0.25) is 9.79 Å². The van der Waals surface area contributed by atoms with Crippen LogP contribution in [0.25, 0.3) is 0 Å². The maximum Gasteiger partial charge on any atom is 0.161 e. The molecule has 1 aromatic carbocycles. The van der Waals surface area contributed by atoms with E-state index >= 15 is 0 Å². The van der Waals surface area contributed by atoms with E-state index in [-0.39, 0.29) is 22.8 Å². The lowest BCUT2D eigenvalue weighted by Crippen LogP contribution is -2.32. The lowest BCUT2D eigenvalue weighted by molar-refractivity contribution is -0.116. The SMILES string of the molecule is O=C1CCCC2=C1[C@H](c1ccc(F)c(Br)c1)C1SCCC1=N2. The molecule has 2 heterocycles. The molecule has 1 saturated heterocycles. The van der Waals surface area contributed by atoms with E-state index in [1.807, 2.05) is 23.9 Å². The molecule has 0 saturated carbocycles. The van der Waals surface area contributed by atoms with Crippen molar-refractivity contribution < 1.29 is 9.18 Å². The van der Waals surface area contributed by atoms with Gasteiger partial charge < -0.3 is 0 Å². The first-order valence-electron chi connectivity index (χ1n) is 7.55. The Kier molecular flexibility index (Phi) is 3.73. The first-order chi connectivity index (χ1) is 10.6. The number of ketones is 1. The van der Waals surface area contributed by atoms with Crippen LogP contribution in [0.5, 0.6) is 0 Å². The zero-order valence-corrected chi connectivity index (χ0v) is 14.3. The van der Waals surface area contributed by atoms with Crippen LogP contribution in [0, 0.1) is 5.82 Å². The van der Waals surface area contributed by atoms with Crippen molar-refractivity contribution in [1.29, 1.82) is 0 Å². The molecular weight excluding hydrogens is 365 g/mol. The fraction of sp³-hybridized carbons (Fsp3) is 0.412. The summed E-state index contributed by atoms with van der Waals surface area (Å²) >= 11 is 5.15. The molecule has 22 heavy (non-hydrogen) atoms. The van der Waals surface area contributed by atoms with Crippen LogP contribution in [-0.2, 0) is 4.79 Å². The first kappa shape index (κ1) is 14.6. The molecule has 4 rings (SSSR count). The molecule has 1 aromatic rings. The average Bonchev–Trinajstić information content (AvgIpc) is 2.96. The average molecular weight is 380 g/mol. The maximum atomic E-state index is 13.6. The summed E-state index contributed by atoms with van der Waals surface area (Å²) in [6.07, 6.45) is 3.39. The van der Waals surface area contributed by atoms with Crippen molar-refractivity contribution in [2.24, 2.45) is 4.99 Å². The number of carbonyl (C=O) groups excluding carboxylic acids is 1. The number of Topliss-reactive ketones (excluding diaryl/α,β-unsaturated/α-hetero) is 1. The van der Waals surface area contributed by atoms with Crippen molar-refractivity contribution in [2.45, 2.75) is 36.9 Å². The highest BCUT2D eigenvalue weighted by molar-refractivity contribution is 9.10. The van der Waals surface area contributed by atoms with E-state index in [9.17, 15) is 9.18 Å². The minimum atomic E-state index is -0.267. The third-order valence-corrected chi connectivity index (χ3v) is 6.56. The number of aliphatic imine (C=N–C) groups is 1. The minimum absolute atomic E-state index is 0.0275. The van der Waals surface area contributed by atoms with Gasteiger partial charge in [0.25, 0.3) is 0 Å². The fourth-order valence-corrected chi connectivity index (χ4v) is 5.45. The van der Waals surface area contributed by atoms with Crippen molar-refractivity contribution in [2.75, 3.05) is 5.75 Å². The number of nitrogens with zero attached hydrogens (tertiary/aromatic N) is 1. The smallest absolute Gasteiger partial charge is 0.161 e. The molecule has 5 heteroatoms. The van der Waals surface area contributed by atoms with Crippen LogP contribution >= 0.6 is 27.7 Å². The van der Waals surface area contributed by atoms with Gasteiger partial charge in [0.15, 0.2) is 5.78 Å². The van der Waals surface area contributed by atoms with E-state index in [2.05, 4.69) is 15.9 Å². The van der Waals surface area contributed by atoms with E-state index < -0.39 is 0 Å². The Morgan fingerprint density at radius 1 is 1.27 bits per heavy atom. The van der Waals surface area contributed by atoms with Gasteiger partial charge in [0.1, 0.15) is 5.82 Å². The third kappa shape index (κ3) is 2.29. The molecule has 3 aliphatic rings. The Morgan fingerprint density at radius 2 is 2.14 bits per heavy atom. The number of hydrogen-bond acceptors (Lipinski definition) is 3. The number of fused-ring (bicyclic) bond motifs is 1. The second kappa shape index (κ2) is 5.60. The largest absolute Gasteiger partial charge is 0.294 e. The van der Waals surface area contributed by atoms with Gasteiger partial charge in [-0.25, -0.2) is 4.39 Å². The predicted octanol–water partition coefficient (Wildman–Crippen LogP) is 4.64. The predicted molar refractivity (Wildman–Crippen MR) is 91.0 cm³/mol. The van der Waals surface area contributed by atoms with Gasteiger partial charge in [-0.15, -0.1) is 0 Å². The number of thioether (sulfide) groups is 1. The van der Waals surface area contributed by atoms with Gasteiger partial charge in [-0.2, -0.15) is 11.8 Å². The Hall–Kier alpha value is -0.940. The Morgan fingerprint density at radius 3 is 2.95 bits per heavy atom. The van der Waals surface area contributed by atoms with Crippen molar-refractivity contribution in [3.63, 3.8) is 0 Å². The molecule has 1 fully saturated rings. The standard InChI is InChI=1S/C17H15BrFNOS/c18-10-8-9(4-5-11(10)19)15-16-12(2-1-3-14(16)21)20-13-6-7-22-17(13)15/h4-5,8,15,17H,1-3,6-7H2/t15-,17?/m0/s1. The summed E-state index contributed by atoms with van der Waals surface area (Å²) in [5.74, 6) is 1.04. The first-order valence-corrected chi connectivity index (χ1v) is 9.39. The summed E-state index contributed by atoms with van der Waals surface area (Å²) in [7, 11) is 0. The highest BCUT2D eigenvalue weighted by Gasteiger charge is 2.42. The molecule has 0 bridgehead atoms. The quantitative estimate of drug-likeness (QED) is 0.711. The van der Waals surface area contributed by atoms with Crippen LogP contribution in [-0.4, -0.2) is 22.5 Å². The molecule has 0 spiro atoms.